The second kappa shape index (κ2) is 5.64. The second-order valence-electron chi connectivity index (χ2n) is 6.00. The van der Waals surface area contributed by atoms with E-state index in [1.807, 2.05) is 26.0 Å². The maximum absolute atomic E-state index is 5.27. The molecule has 4 rings (SSSR count). The Kier molecular flexibility index (Phi) is 3.57. The molecule has 0 aliphatic carbocycles. The Morgan fingerprint density at radius 1 is 0.958 bits per heavy atom. The number of nitrogens with one attached hydrogen (secondary N) is 1. The number of fused-ring (bicyclic) bond motifs is 3. The minimum Gasteiger partial charge on any atom is -0.497 e. The summed E-state index contributed by atoms with van der Waals surface area (Å²) in [6, 6.07) is 14.6. The van der Waals surface area contributed by atoms with Crippen molar-refractivity contribution in [3.05, 3.63) is 58.3 Å². The van der Waals surface area contributed by atoms with Gasteiger partial charge < -0.3 is 9.72 Å². The number of benzene rings is 2. The summed E-state index contributed by atoms with van der Waals surface area (Å²) < 4.78 is 6.33. The summed E-state index contributed by atoms with van der Waals surface area (Å²) in [5.74, 6) is 0.859. The summed E-state index contributed by atoms with van der Waals surface area (Å²) in [5, 5.41) is 2.42. The monoisotopic (exact) mass is 380 g/mol. The van der Waals surface area contributed by atoms with E-state index in [2.05, 4.69) is 56.2 Å². The van der Waals surface area contributed by atoms with Crippen LogP contribution < -0.4 is 4.74 Å². The fourth-order valence-corrected chi connectivity index (χ4v) is 3.73. The molecule has 3 nitrogen and oxygen atoms in total. The lowest BCUT2D eigenvalue weighted by atomic mass is 10.0. The summed E-state index contributed by atoms with van der Waals surface area (Å²) in [6.45, 7) is 4.08. The third-order valence-corrected chi connectivity index (χ3v) is 4.83. The highest BCUT2D eigenvalue weighted by atomic mass is 79.9. The Hall–Kier alpha value is -2.33. The van der Waals surface area contributed by atoms with Crippen LogP contribution in [0, 0.1) is 13.8 Å². The van der Waals surface area contributed by atoms with Crippen LogP contribution >= 0.6 is 15.9 Å². The fraction of sp³-hybridized carbons (Fsp3) is 0.150. The topological polar surface area (TPSA) is 37.9 Å². The number of H-pyrrole nitrogens is 1. The molecule has 120 valence electrons. The van der Waals surface area contributed by atoms with Crippen molar-refractivity contribution in [3.63, 3.8) is 0 Å². The smallest absolute Gasteiger partial charge is 0.118 e. The molecule has 0 bridgehead atoms. The molecular weight excluding hydrogens is 364 g/mol. The Bertz CT molecular complexity index is 1060. The van der Waals surface area contributed by atoms with Crippen LogP contribution in [-0.2, 0) is 0 Å². The second-order valence-corrected chi connectivity index (χ2v) is 6.92. The first kappa shape index (κ1) is 15.2. The Morgan fingerprint density at radius 3 is 2.38 bits per heavy atom. The number of aryl methyl sites for hydroxylation is 2. The summed E-state index contributed by atoms with van der Waals surface area (Å²) in [6.07, 6.45) is 0. The summed E-state index contributed by atoms with van der Waals surface area (Å²) in [7, 11) is 1.68. The van der Waals surface area contributed by atoms with Gasteiger partial charge in [-0.15, -0.1) is 0 Å². The number of methoxy groups -OCH3 is 1. The molecule has 0 fully saturated rings. The number of hydrogen-bond acceptors (Lipinski definition) is 2. The molecule has 0 saturated carbocycles. The maximum Gasteiger partial charge on any atom is 0.118 e. The van der Waals surface area contributed by atoms with Crippen molar-refractivity contribution in [2.24, 2.45) is 0 Å². The van der Waals surface area contributed by atoms with Crippen LogP contribution in [0.4, 0.5) is 0 Å². The van der Waals surface area contributed by atoms with Gasteiger partial charge in [0.05, 0.1) is 23.8 Å². The molecule has 0 atom stereocenters. The van der Waals surface area contributed by atoms with Crippen molar-refractivity contribution < 1.29 is 4.74 Å². The Balaban J connectivity index is 2.06. The van der Waals surface area contributed by atoms with E-state index in [4.69, 9.17) is 4.74 Å². The molecule has 1 N–H and O–H groups in total. The van der Waals surface area contributed by atoms with Gasteiger partial charge in [-0.3, -0.25) is 4.98 Å². The standard InChI is InChI=1S/C20H17BrN2O/c1-11-8-17-18-10-14(21)9-16(13-4-6-15(24-3)7-5-13)20(18)23-19(17)12(2)22-11/h4-10,23H,1-3H3. The first-order valence-corrected chi connectivity index (χ1v) is 8.59. The van der Waals surface area contributed by atoms with Crippen LogP contribution in [0.15, 0.2) is 46.9 Å². The lowest BCUT2D eigenvalue weighted by Gasteiger charge is -2.06. The highest BCUT2D eigenvalue weighted by Gasteiger charge is 2.13. The first-order valence-electron chi connectivity index (χ1n) is 7.80. The van der Waals surface area contributed by atoms with Gasteiger partial charge in [-0.1, -0.05) is 28.1 Å². The van der Waals surface area contributed by atoms with E-state index < -0.39 is 0 Å². The van der Waals surface area contributed by atoms with E-state index >= 15 is 0 Å². The number of rotatable bonds is 2. The van der Waals surface area contributed by atoms with Gasteiger partial charge in [-0.05, 0) is 49.7 Å². The highest BCUT2D eigenvalue weighted by Crippen LogP contribution is 2.37. The highest BCUT2D eigenvalue weighted by molar-refractivity contribution is 9.10. The van der Waals surface area contributed by atoms with Gasteiger partial charge in [0.1, 0.15) is 5.75 Å². The molecule has 0 radical (unpaired) electrons. The van der Waals surface area contributed by atoms with Crippen LogP contribution in [-0.4, -0.2) is 17.1 Å². The largest absolute Gasteiger partial charge is 0.497 e. The van der Waals surface area contributed by atoms with Crippen molar-refractivity contribution in [1.82, 2.24) is 9.97 Å². The van der Waals surface area contributed by atoms with E-state index in [0.717, 1.165) is 43.8 Å². The average Bonchev–Trinajstić information content (AvgIpc) is 2.93. The zero-order valence-electron chi connectivity index (χ0n) is 13.8. The third kappa shape index (κ3) is 2.38. The van der Waals surface area contributed by atoms with E-state index in [1.54, 1.807) is 7.11 Å². The quantitative estimate of drug-likeness (QED) is 0.479. The Labute approximate surface area is 148 Å². The number of aromatic nitrogens is 2. The van der Waals surface area contributed by atoms with Gasteiger partial charge in [0, 0.05) is 26.5 Å². The van der Waals surface area contributed by atoms with Gasteiger partial charge in [0.15, 0.2) is 0 Å². The molecule has 4 aromatic rings. The van der Waals surface area contributed by atoms with Crippen LogP contribution in [0.25, 0.3) is 32.9 Å². The van der Waals surface area contributed by atoms with E-state index in [0.29, 0.717) is 0 Å². The summed E-state index contributed by atoms with van der Waals surface area (Å²) in [5.41, 5.74) is 6.61. The molecule has 0 unspecified atom stereocenters. The molecule has 2 aromatic heterocycles. The molecule has 0 amide bonds. The fourth-order valence-electron chi connectivity index (χ4n) is 3.28. The van der Waals surface area contributed by atoms with Crippen molar-refractivity contribution in [1.29, 1.82) is 0 Å². The molecule has 4 heteroatoms. The average molecular weight is 381 g/mol. The van der Waals surface area contributed by atoms with E-state index in [1.165, 1.54) is 10.8 Å². The van der Waals surface area contributed by atoms with Gasteiger partial charge >= 0.3 is 0 Å². The predicted molar refractivity (Wildman–Crippen MR) is 103 cm³/mol. The predicted octanol–water partition coefficient (Wildman–Crippen LogP) is 5.77. The number of aromatic amines is 1. The SMILES string of the molecule is COc1ccc(-c2cc(Br)cc3c2[nH]c2c(C)nc(C)cc23)cc1. The van der Waals surface area contributed by atoms with Gasteiger partial charge in [-0.25, -0.2) is 0 Å². The molecule has 2 heterocycles. The molecule has 0 spiro atoms. The minimum absolute atomic E-state index is 0.859. The molecule has 0 aliphatic heterocycles. The molecular formula is C20H17BrN2O. The van der Waals surface area contributed by atoms with Crippen molar-refractivity contribution in [3.8, 4) is 16.9 Å². The van der Waals surface area contributed by atoms with Gasteiger partial charge in [0.2, 0.25) is 0 Å². The number of ether oxygens (including phenoxy) is 1. The van der Waals surface area contributed by atoms with Crippen LogP contribution in [0.5, 0.6) is 5.75 Å². The van der Waals surface area contributed by atoms with Crippen molar-refractivity contribution in [2.75, 3.05) is 7.11 Å². The molecule has 0 aliphatic rings. The third-order valence-electron chi connectivity index (χ3n) is 4.37. The number of pyridine rings is 1. The molecule has 0 saturated heterocycles. The lowest BCUT2D eigenvalue weighted by molar-refractivity contribution is 0.415. The van der Waals surface area contributed by atoms with Crippen molar-refractivity contribution >= 4 is 37.7 Å². The van der Waals surface area contributed by atoms with E-state index in [9.17, 15) is 0 Å². The normalized spacial score (nSPS) is 11.3. The van der Waals surface area contributed by atoms with Crippen LogP contribution in [0.3, 0.4) is 0 Å². The number of hydrogen-bond donors (Lipinski definition) is 1. The van der Waals surface area contributed by atoms with Gasteiger partial charge in [-0.2, -0.15) is 0 Å². The zero-order chi connectivity index (χ0) is 16.8. The zero-order valence-corrected chi connectivity index (χ0v) is 15.4. The Morgan fingerprint density at radius 2 is 1.67 bits per heavy atom. The van der Waals surface area contributed by atoms with Crippen LogP contribution in [0.1, 0.15) is 11.4 Å². The van der Waals surface area contributed by atoms with E-state index in [-0.39, 0.29) is 0 Å². The lowest BCUT2D eigenvalue weighted by Crippen LogP contribution is -1.86. The molecule has 24 heavy (non-hydrogen) atoms. The first-order chi connectivity index (χ1) is 11.6. The summed E-state index contributed by atoms with van der Waals surface area (Å²) >= 11 is 3.66. The van der Waals surface area contributed by atoms with Crippen molar-refractivity contribution in [2.45, 2.75) is 13.8 Å². The molecule has 2 aromatic carbocycles. The number of halogens is 1. The minimum atomic E-state index is 0.859. The van der Waals surface area contributed by atoms with Crippen LogP contribution in [0.2, 0.25) is 0 Å². The maximum atomic E-state index is 5.27. The van der Waals surface area contributed by atoms with Gasteiger partial charge in [0.25, 0.3) is 0 Å². The summed E-state index contributed by atoms with van der Waals surface area (Å²) in [4.78, 5) is 8.17. The number of nitrogens with zero attached hydrogens (tertiary/aromatic N) is 1.